The Hall–Kier alpha value is -1.92. The summed E-state index contributed by atoms with van der Waals surface area (Å²) in [6.07, 6.45) is 0.0971. The molecule has 6 nitrogen and oxygen atoms in total. The quantitative estimate of drug-likeness (QED) is 0.879. The second-order valence-corrected chi connectivity index (χ2v) is 4.26. The second-order valence-electron chi connectivity index (χ2n) is 4.26. The van der Waals surface area contributed by atoms with E-state index in [1.807, 2.05) is 42.3 Å². The van der Waals surface area contributed by atoms with Crippen molar-refractivity contribution in [2.24, 2.45) is 0 Å². The van der Waals surface area contributed by atoms with Gasteiger partial charge in [-0.3, -0.25) is 9.69 Å². The van der Waals surface area contributed by atoms with Gasteiger partial charge in [0.05, 0.1) is 13.0 Å². The van der Waals surface area contributed by atoms with E-state index < -0.39 is 5.97 Å². The largest absolute Gasteiger partial charge is 0.481 e. The van der Waals surface area contributed by atoms with Crippen molar-refractivity contribution in [1.82, 2.24) is 15.0 Å². The third-order valence-electron chi connectivity index (χ3n) is 2.61. The molecule has 1 heterocycles. The first-order valence-corrected chi connectivity index (χ1v) is 5.93. The Labute approximate surface area is 122 Å². The van der Waals surface area contributed by atoms with Gasteiger partial charge in [0.1, 0.15) is 0 Å². The minimum Gasteiger partial charge on any atom is -0.481 e. The first-order valence-electron chi connectivity index (χ1n) is 5.93. The summed E-state index contributed by atoms with van der Waals surface area (Å²) in [6.45, 7) is 0.911. The molecule has 0 aliphatic heterocycles. The third kappa shape index (κ3) is 4.64. The number of rotatable bonds is 6. The maximum absolute atomic E-state index is 10.5. The number of hydrogen-bond acceptors (Lipinski definition) is 5. The van der Waals surface area contributed by atoms with Gasteiger partial charge in [0.15, 0.2) is 5.82 Å². The van der Waals surface area contributed by atoms with Crippen LogP contribution in [-0.2, 0) is 11.3 Å². The SMILES string of the molecule is CN(CCC(=O)O)Cc1noc(-c2ccccc2)n1.Cl. The summed E-state index contributed by atoms with van der Waals surface area (Å²) in [5, 5.41) is 12.5. The van der Waals surface area contributed by atoms with E-state index in [1.54, 1.807) is 0 Å². The molecule has 0 spiro atoms. The number of hydrogen-bond donors (Lipinski definition) is 1. The number of benzene rings is 1. The van der Waals surface area contributed by atoms with Gasteiger partial charge < -0.3 is 9.63 Å². The molecule has 0 atom stereocenters. The maximum atomic E-state index is 10.5. The molecule has 7 heteroatoms. The summed E-state index contributed by atoms with van der Waals surface area (Å²) in [5.74, 6) is 0.207. The van der Waals surface area contributed by atoms with E-state index >= 15 is 0 Å². The zero-order valence-corrected chi connectivity index (χ0v) is 11.8. The molecule has 0 radical (unpaired) electrons. The van der Waals surface area contributed by atoms with E-state index in [9.17, 15) is 4.79 Å². The molecule has 20 heavy (non-hydrogen) atoms. The molecule has 0 aliphatic carbocycles. The van der Waals surface area contributed by atoms with Crippen LogP contribution in [0.2, 0.25) is 0 Å². The van der Waals surface area contributed by atoms with Crippen molar-refractivity contribution in [3.8, 4) is 11.5 Å². The van der Waals surface area contributed by atoms with Crippen LogP contribution in [0.3, 0.4) is 0 Å². The number of aromatic nitrogens is 2. The summed E-state index contributed by atoms with van der Waals surface area (Å²) in [6, 6.07) is 9.51. The van der Waals surface area contributed by atoms with E-state index in [4.69, 9.17) is 9.63 Å². The molecular weight excluding hydrogens is 282 g/mol. The maximum Gasteiger partial charge on any atom is 0.304 e. The van der Waals surface area contributed by atoms with Crippen LogP contribution in [0.15, 0.2) is 34.9 Å². The van der Waals surface area contributed by atoms with E-state index in [2.05, 4.69) is 10.1 Å². The highest BCUT2D eigenvalue weighted by molar-refractivity contribution is 5.85. The van der Waals surface area contributed by atoms with Gasteiger partial charge in [-0.25, -0.2) is 0 Å². The molecule has 0 aliphatic rings. The lowest BCUT2D eigenvalue weighted by Crippen LogP contribution is -2.21. The number of carboxylic acid groups (broad SMARTS) is 1. The monoisotopic (exact) mass is 297 g/mol. The minimum absolute atomic E-state index is 0. The zero-order valence-electron chi connectivity index (χ0n) is 11.0. The van der Waals surface area contributed by atoms with Gasteiger partial charge in [0.25, 0.3) is 5.89 Å². The Morgan fingerprint density at radius 1 is 1.35 bits per heavy atom. The zero-order chi connectivity index (χ0) is 13.7. The van der Waals surface area contributed by atoms with Crippen LogP contribution in [0.25, 0.3) is 11.5 Å². The predicted octanol–water partition coefficient (Wildman–Crippen LogP) is 2.06. The molecule has 0 bridgehead atoms. The van der Waals surface area contributed by atoms with Crippen molar-refractivity contribution < 1.29 is 14.4 Å². The summed E-state index contributed by atoms with van der Waals surface area (Å²) >= 11 is 0. The molecule has 0 saturated carbocycles. The molecule has 2 rings (SSSR count). The molecule has 108 valence electrons. The second kappa shape index (κ2) is 7.62. The van der Waals surface area contributed by atoms with Crippen LogP contribution in [0.5, 0.6) is 0 Å². The highest BCUT2D eigenvalue weighted by atomic mass is 35.5. The van der Waals surface area contributed by atoms with Gasteiger partial charge in [-0.2, -0.15) is 4.98 Å². The number of nitrogens with zero attached hydrogens (tertiary/aromatic N) is 3. The predicted molar refractivity (Wildman–Crippen MR) is 75.6 cm³/mol. The molecule has 0 fully saturated rings. The van der Waals surface area contributed by atoms with Gasteiger partial charge in [-0.15, -0.1) is 12.4 Å². The Kier molecular flexibility index (Phi) is 6.14. The van der Waals surface area contributed by atoms with E-state index in [0.29, 0.717) is 24.8 Å². The normalized spacial score (nSPS) is 10.3. The Morgan fingerprint density at radius 3 is 2.70 bits per heavy atom. The molecule has 0 amide bonds. The molecule has 2 aromatic rings. The molecule has 1 aromatic heterocycles. The highest BCUT2D eigenvalue weighted by Crippen LogP contribution is 2.16. The molecular formula is C13H16ClN3O3. The topological polar surface area (TPSA) is 79.5 Å². The van der Waals surface area contributed by atoms with Crippen LogP contribution in [-0.4, -0.2) is 39.7 Å². The summed E-state index contributed by atoms with van der Waals surface area (Å²) in [7, 11) is 1.82. The van der Waals surface area contributed by atoms with Crippen molar-refractivity contribution in [2.75, 3.05) is 13.6 Å². The lowest BCUT2D eigenvalue weighted by atomic mass is 10.2. The van der Waals surface area contributed by atoms with Gasteiger partial charge in [0, 0.05) is 12.1 Å². The fraction of sp³-hybridized carbons (Fsp3) is 0.308. The fourth-order valence-electron chi connectivity index (χ4n) is 1.62. The van der Waals surface area contributed by atoms with E-state index in [-0.39, 0.29) is 18.8 Å². The first-order chi connectivity index (χ1) is 9.15. The summed E-state index contributed by atoms with van der Waals surface area (Å²) in [5.41, 5.74) is 0.870. The molecule has 1 aromatic carbocycles. The number of carbonyl (C=O) groups is 1. The molecule has 1 N–H and O–H groups in total. The lowest BCUT2D eigenvalue weighted by Gasteiger charge is -2.11. The van der Waals surface area contributed by atoms with E-state index in [0.717, 1.165) is 5.56 Å². The highest BCUT2D eigenvalue weighted by Gasteiger charge is 2.11. The van der Waals surface area contributed by atoms with Crippen LogP contribution < -0.4 is 0 Å². The number of aliphatic carboxylic acids is 1. The number of carboxylic acids is 1. The molecule has 0 saturated heterocycles. The van der Waals surface area contributed by atoms with Crippen LogP contribution >= 0.6 is 12.4 Å². The summed E-state index contributed by atoms with van der Waals surface area (Å²) in [4.78, 5) is 16.6. The average molecular weight is 298 g/mol. The smallest absolute Gasteiger partial charge is 0.304 e. The van der Waals surface area contributed by atoms with Crippen molar-refractivity contribution in [3.63, 3.8) is 0 Å². The van der Waals surface area contributed by atoms with E-state index in [1.165, 1.54) is 0 Å². The van der Waals surface area contributed by atoms with Crippen LogP contribution in [0.1, 0.15) is 12.2 Å². The third-order valence-corrected chi connectivity index (χ3v) is 2.61. The van der Waals surface area contributed by atoms with Crippen LogP contribution in [0, 0.1) is 0 Å². The molecule has 0 unspecified atom stereocenters. The standard InChI is InChI=1S/C13H15N3O3.ClH/c1-16(8-7-12(17)18)9-11-14-13(19-15-11)10-5-3-2-4-6-10;/h2-6H,7-9H2,1H3,(H,17,18);1H. The fourth-order valence-corrected chi connectivity index (χ4v) is 1.62. The van der Waals surface area contributed by atoms with Gasteiger partial charge in [0.2, 0.25) is 0 Å². The van der Waals surface area contributed by atoms with Gasteiger partial charge >= 0.3 is 5.97 Å². The Bertz CT molecular complexity index is 545. The number of halogens is 1. The van der Waals surface area contributed by atoms with Crippen molar-refractivity contribution in [2.45, 2.75) is 13.0 Å². The summed E-state index contributed by atoms with van der Waals surface area (Å²) < 4.78 is 5.17. The van der Waals surface area contributed by atoms with Crippen molar-refractivity contribution in [1.29, 1.82) is 0 Å². The van der Waals surface area contributed by atoms with Crippen molar-refractivity contribution >= 4 is 18.4 Å². The minimum atomic E-state index is -0.815. The lowest BCUT2D eigenvalue weighted by molar-refractivity contribution is -0.137. The first kappa shape index (κ1) is 16.1. The van der Waals surface area contributed by atoms with Crippen LogP contribution in [0.4, 0.5) is 0 Å². The van der Waals surface area contributed by atoms with Crippen molar-refractivity contribution in [3.05, 3.63) is 36.2 Å². The average Bonchev–Trinajstić information content (AvgIpc) is 2.86. The van der Waals surface area contributed by atoms with Gasteiger partial charge in [-0.05, 0) is 19.2 Å². The Balaban J connectivity index is 0.00000200. The van der Waals surface area contributed by atoms with Gasteiger partial charge in [-0.1, -0.05) is 23.4 Å². The Morgan fingerprint density at radius 2 is 2.05 bits per heavy atom.